The average Bonchev–Trinajstić information content (AvgIpc) is 2.32. The zero-order valence-electron chi connectivity index (χ0n) is 9.49. The Hall–Kier alpha value is -2.10. The van der Waals surface area contributed by atoms with Crippen molar-refractivity contribution in [1.82, 2.24) is 0 Å². The fourth-order valence-electron chi connectivity index (χ4n) is 1.79. The van der Waals surface area contributed by atoms with E-state index in [1.54, 1.807) is 31.2 Å². The van der Waals surface area contributed by atoms with Crippen LogP contribution in [0.15, 0.2) is 30.3 Å². The molecule has 0 unspecified atom stereocenters. The Bertz CT molecular complexity index is 578. The molecular weight excluding hydrogens is 223 g/mol. The molecule has 0 saturated carbocycles. The van der Waals surface area contributed by atoms with Crippen LogP contribution in [0.1, 0.15) is 12.5 Å². The molecule has 0 saturated heterocycles. The van der Waals surface area contributed by atoms with Crippen molar-refractivity contribution >= 4 is 16.7 Å². The number of ether oxygens (including phenoxy) is 1. The maximum Gasteiger partial charge on any atom is 0.308 e. The van der Waals surface area contributed by atoms with E-state index >= 15 is 0 Å². The van der Waals surface area contributed by atoms with Gasteiger partial charge < -0.3 is 4.74 Å². The van der Waals surface area contributed by atoms with Gasteiger partial charge in [0, 0.05) is 22.2 Å². The van der Waals surface area contributed by atoms with Gasteiger partial charge in [0.2, 0.25) is 0 Å². The molecule has 0 fully saturated rings. The summed E-state index contributed by atoms with van der Waals surface area (Å²) in [6.07, 6.45) is 0. The van der Waals surface area contributed by atoms with Crippen LogP contribution in [0.25, 0.3) is 10.8 Å². The van der Waals surface area contributed by atoms with Crippen LogP contribution in [0.3, 0.4) is 0 Å². The molecule has 2 aromatic rings. The Labute approximate surface area is 97.7 Å². The van der Waals surface area contributed by atoms with E-state index in [1.165, 1.54) is 13.0 Å². The molecule has 0 atom stereocenters. The molecule has 2 aromatic carbocycles. The maximum absolute atomic E-state index is 12.4. The highest BCUT2D eigenvalue weighted by Gasteiger charge is 2.13. The number of hydrogen-bond acceptors (Lipinski definition) is 3. The van der Waals surface area contributed by atoms with Crippen LogP contribution in [0.2, 0.25) is 0 Å². The lowest BCUT2D eigenvalue weighted by molar-refractivity contribution is -0.131. The largest absolute Gasteiger partial charge is 0.426 e. The second-order valence-corrected chi connectivity index (χ2v) is 3.74. The van der Waals surface area contributed by atoms with E-state index in [9.17, 15) is 9.32 Å². The Morgan fingerprint density at radius 3 is 2.47 bits per heavy atom. The highest BCUT2D eigenvalue weighted by Crippen LogP contribution is 2.36. The fraction of sp³-hybridized carbons (Fsp3) is 0.154. The van der Waals surface area contributed by atoms with Crippen LogP contribution < -0.4 is 9.68 Å². The van der Waals surface area contributed by atoms with E-state index in [2.05, 4.69) is 4.94 Å². The van der Waals surface area contributed by atoms with Gasteiger partial charge >= 0.3 is 5.97 Å². The van der Waals surface area contributed by atoms with E-state index in [1.807, 2.05) is 0 Å². The highest BCUT2D eigenvalue weighted by molar-refractivity contribution is 5.95. The van der Waals surface area contributed by atoms with Crippen molar-refractivity contribution in [2.75, 3.05) is 0 Å². The first-order chi connectivity index (χ1) is 8.13. The summed E-state index contributed by atoms with van der Waals surface area (Å²) in [4.78, 5) is 14.9. The lowest BCUT2D eigenvalue weighted by Crippen LogP contribution is -2.03. The molecule has 88 valence electrons. The number of rotatable bonds is 2. The number of hydrogen-bond donors (Lipinski definition) is 0. The molecule has 0 spiro atoms. The minimum absolute atomic E-state index is 0.119. The van der Waals surface area contributed by atoms with Crippen molar-refractivity contribution in [3.63, 3.8) is 0 Å². The fourth-order valence-corrected chi connectivity index (χ4v) is 1.79. The molecule has 0 heterocycles. The molecule has 0 N–H and O–H groups in total. The van der Waals surface area contributed by atoms with E-state index < -0.39 is 5.97 Å². The van der Waals surface area contributed by atoms with Crippen molar-refractivity contribution in [1.29, 1.82) is 0 Å². The zero-order valence-corrected chi connectivity index (χ0v) is 9.49. The summed E-state index contributed by atoms with van der Waals surface area (Å²) in [7, 11) is 0. The number of fused-ring (bicyclic) bond motifs is 1. The molecule has 0 aromatic heterocycles. The number of carbonyl (C=O) groups excluding carboxylic acids is 1. The minimum atomic E-state index is -0.410. The summed E-state index contributed by atoms with van der Waals surface area (Å²) < 4.78 is 17.6. The van der Waals surface area contributed by atoms with Gasteiger partial charge in [-0.3, -0.25) is 9.74 Å². The van der Waals surface area contributed by atoms with Crippen molar-refractivity contribution in [3.05, 3.63) is 35.9 Å². The predicted molar refractivity (Wildman–Crippen MR) is 61.7 cm³/mol. The van der Waals surface area contributed by atoms with Crippen LogP contribution >= 0.6 is 0 Å². The molecule has 3 nitrogen and oxygen atoms in total. The summed E-state index contributed by atoms with van der Waals surface area (Å²) >= 11 is 0. The third kappa shape index (κ3) is 2.06. The Balaban J connectivity index is 2.75. The SMILES string of the molecule is CC(=O)Oc1c(C)cc(OF)c2ccccc12. The van der Waals surface area contributed by atoms with E-state index in [4.69, 9.17) is 4.74 Å². The normalized spacial score (nSPS) is 10.3. The maximum atomic E-state index is 12.4. The quantitative estimate of drug-likeness (QED) is 0.590. The number of benzene rings is 2. The number of halogens is 1. The van der Waals surface area contributed by atoms with E-state index in [0.29, 0.717) is 22.1 Å². The van der Waals surface area contributed by atoms with Gasteiger partial charge in [0.25, 0.3) is 0 Å². The topological polar surface area (TPSA) is 35.5 Å². The predicted octanol–water partition coefficient (Wildman–Crippen LogP) is 3.34. The summed E-state index contributed by atoms with van der Waals surface area (Å²) in [5.41, 5.74) is 0.645. The van der Waals surface area contributed by atoms with Crippen molar-refractivity contribution in [2.24, 2.45) is 0 Å². The number of aryl methyl sites for hydroxylation is 1. The molecular formula is C13H11FO3. The molecule has 4 heteroatoms. The van der Waals surface area contributed by atoms with Crippen LogP contribution in [0.5, 0.6) is 11.5 Å². The molecule has 0 amide bonds. The molecule has 0 aliphatic heterocycles. The molecule has 0 radical (unpaired) electrons. The molecule has 2 rings (SSSR count). The third-order valence-corrected chi connectivity index (χ3v) is 2.47. The van der Waals surface area contributed by atoms with Crippen LogP contribution in [0.4, 0.5) is 4.53 Å². The summed E-state index contributed by atoms with van der Waals surface area (Å²) in [6, 6.07) is 8.51. The van der Waals surface area contributed by atoms with Gasteiger partial charge in [0.1, 0.15) is 5.75 Å². The van der Waals surface area contributed by atoms with Gasteiger partial charge in [-0.1, -0.05) is 24.3 Å². The molecule has 17 heavy (non-hydrogen) atoms. The van der Waals surface area contributed by atoms with Gasteiger partial charge in [0.15, 0.2) is 5.75 Å². The molecule has 0 aliphatic carbocycles. The lowest BCUT2D eigenvalue weighted by atomic mass is 10.0. The smallest absolute Gasteiger partial charge is 0.308 e. The van der Waals surface area contributed by atoms with E-state index in [-0.39, 0.29) is 5.75 Å². The first-order valence-electron chi connectivity index (χ1n) is 5.13. The van der Waals surface area contributed by atoms with Gasteiger partial charge in [0.05, 0.1) is 0 Å². The van der Waals surface area contributed by atoms with Crippen molar-refractivity contribution < 1.29 is 19.0 Å². The van der Waals surface area contributed by atoms with Gasteiger partial charge in [-0.05, 0) is 18.6 Å². The Morgan fingerprint density at radius 1 is 1.24 bits per heavy atom. The van der Waals surface area contributed by atoms with Gasteiger partial charge in [-0.25, -0.2) is 0 Å². The van der Waals surface area contributed by atoms with E-state index in [0.717, 1.165) is 0 Å². The van der Waals surface area contributed by atoms with Crippen LogP contribution in [-0.2, 0) is 4.79 Å². The Morgan fingerprint density at radius 2 is 1.88 bits per heavy atom. The third-order valence-electron chi connectivity index (χ3n) is 2.47. The second-order valence-electron chi connectivity index (χ2n) is 3.74. The highest BCUT2D eigenvalue weighted by atomic mass is 19.3. The number of carbonyl (C=O) groups is 1. The van der Waals surface area contributed by atoms with Crippen LogP contribution in [0, 0.1) is 6.92 Å². The first kappa shape index (κ1) is 11.4. The second kappa shape index (κ2) is 4.41. The summed E-state index contributed by atoms with van der Waals surface area (Å²) in [6.45, 7) is 3.06. The van der Waals surface area contributed by atoms with Crippen molar-refractivity contribution in [3.8, 4) is 11.5 Å². The zero-order chi connectivity index (χ0) is 12.4. The molecule has 0 bridgehead atoms. The first-order valence-corrected chi connectivity index (χ1v) is 5.13. The standard InChI is InChI=1S/C13H11FO3/c1-8-7-12(17-14)10-5-3-4-6-11(10)13(8)16-9(2)15/h3-7H,1-2H3. The summed E-state index contributed by atoms with van der Waals surface area (Å²) in [5.74, 6) is 0.148. The van der Waals surface area contributed by atoms with Gasteiger partial charge in [-0.2, -0.15) is 0 Å². The Kier molecular flexibility index (Phi) is 2.95. The van der Waals surface area contributed by atoms with Gasteiger partial charge in [-0.15, -0.1) is 0 Å². The average molecular weight is 234 g/mol. The van der Waals surface area contributed by atoms with Crippen LogP contribution in [-0.4, -0.2) is 5.97 Å². The monoisotopic (exact) mass is 234 g/mol. The van der Waals surface area contributed by atoms with Crippen molar-refractivity contribution in [2.45, 2.75) is 13.8 Å². The minimum Gasteiger partial charge on any atom is -0.426 e. The summed E-state index contributed by atoms with van der Waals surface area (Å²) in [5, 5.41) is 1.22. The lowest BCUT2D eigenvalue weighted by Gasteiger charge is -2.11. The molecule has 0 aliphatic rings. The number of esters is 1.